The Balaban J connectivity index is 2.19. The second-order valence-electron chi connectivity index (χ2n) is 4.21. The van der Waals surface area contributed by atoms with Gasteiger partial charge in [0.05, 0.1) is 11.4 Å². The molecule has 0 unspecified atom stereocenters. The number of nitriles is 1. The fourth-order valence-electron chi connectivity index (χ4n) is 1.86. The first-order valence-corrected chi connectivity index (χ1v) is 6.41. The lowest BCUT2D eigenvalue weighted by Crippen LogP contribution is -2.02. The average Bonchev–Trinajstić information content (AvgIpc) is 2.79. The molecule has 0 saturated heterocycles. The van der Waals surface area contributed by atoms with Gasteiger partial charge in [-0.1, -0.05) is 0 Å². The van der Waals surface area contributed by atoms with E-state index in [0.29, 0.717) is 12.1 Å². The molecule has 2 aromatic heterocycles. The van der Waals surface area contributed by atoms with Crippen LogP contribution in [0, 0.1) is 32.1 Å². The highest BCUT2D eigenvalue weighted by Crippen LogP contribution is 2.24. The third kappa shape index (κ3) is 2.09. The second kappa shape index (κ2) is 4.78. The molecular weight excluding hydrogens is 246 g/mol. The third-order valence-corrected chi connectivity index (χ3v) is 3.96. The molecular formula is C12H15N5S. The number of nitrogens with zero attached hydrogens (tertiary/aromatic N) is 4. The van der Waals surface area contributed by atoms with Crippen LogP contribution in [-0.2, 0) is 13.6 Å². The highest BCUT2D eigenvalue weighted by atomic mass is 32.1. The summed E-state index contributed by atoms with van der Waals surface area (Å²) in [6.07, 6.45) is 0. The van der Waals surface area contributed by atoms with Gasteiger partial charge in [0.1, 0.15) is 16.6 Å². The minimum Gasteiger partial charge on any atom is -0.370 e. The minimum absolute atomic E-state index is 0.638. The maximum Gasteiger partial charge on any atom is 0.127 e. The van der Waals surface area contributed by atoms with Gasteiger partial charge in [0.2, 0.25) is 0 Å². The molecule has 0 fully saturated rings. The Labute approximate surface area is 110 Å². The van der Waals surface area contributed by atoms with Crippen molar-refractivity contribution < 1.29 is 0 Å². The molecule has 0 aliphatic heterocycles. The molecule has 0 amide bonds. The zero-order chi connectivity index (χ0) is 13.3. The highest BCUT2D eigenvalue weighted by Gasteiger charge is 2.12. The van der Waals surface area contributed by atoms with E-state index >= 15 is 0 Å². The van der Waals surface area contributed by atoms with Crippen molar-refractivity contribution >= 4 is 16.5 Å². The molecule has 0 saturated carbocycles. The van der Waals surface area contributed by atoms with Gasteiger partial charge in [0.15, 0.2) is 0 Å². The van der Waals surface area contributed by atoms with E-state index in [4.69, 9.17) is 5.26 Å². The Morgan fingerprint density at radius 1 is 1.33 bits per heavy atom. The van der Waals surface area contributed by atoms with E-state index in [2.05, 4.69) is 20.9 Å². The van der Waals surface area contributed by atoms with Crippen LogP contribution in [0.15, 0.2) is 0 Å². The number of nitrogens with one attached hydrogen (secondary N) is 1. The molecule has 18 heavy (non-hydrogen) atoms. The summed E-state index contributed by atoms with van der Waals surface area (Å²) in [5.74, 6) is 0. The molecule has 2 heterocycles. The number of aromatic nitrogens is 3. The van der Waals surface area contributed by atoms with Crippen LogP contribution in [0.5, 0.6) is 0 Å². The maximum atomic E-state index is 9.06. The standard InChI is InChI=1S/C12H15N5S/c1-7-11(9(3)17(4)15-7)6-14-12-10(5-13)8(2)16-18-12/h14H,6H2,1-4H3. The molecule has 0 radical (unpaired) electrons. The molecule has 0 atom stereocenters. The van der Waals surface area contributed by atoms with Crippen LogP contribution in [0.4, 0.5) is 5.00 Å². The molecule has 2 aromatic rings. The van der Waals surface area contributed by atoms with E-state index in [1.54, 1.807) is 0 Å². The van der Waals surface area contributed by atoms with Crippen molar-refractivity contribution in [1.82, 2.24) is 14.2 Å². The van der Waals surface area contributed by atoms with E-state index in [1.165, 1.54) is 17.1 Å². The number of aryl methyl sites for hydroxylation is 3. The molecule has 94 valence electrons. The van der Waals surface area contributed by atoms with Crippen molar-refractivity contribution in [2.75, 3.05) is 5.32 Å². The molecule has 0 aliphatic carbocycles. The Morgan fingerprint density at radius 2 is 2.06 bits per heavy atom. The minimum atomic E-state index is 0.638. The SMILES string of the molecule is Cc1nsc(NCc2c(C)nn(C)c2C)c1C#N. The first-order chi connectivity index (χ1) is 8.54. The van der Waals surface area contributed by atoms with Gasteiger partial charge in [-0.3, -0.25) is 4.68 Å². The van der Waals surface area contributed by atoms with Crippen LogP contribution in [-0.4, -0.2) is 14.2 Å². The Kier molecular flexibility index (Phi) is 3.34. The van der Waals surface area contributed by atoms with Crippen LogP contribution < -0.4 is 5.32 Å². The average molecular weight is 261 g/mol. The van der Waals surface area contributed by atoms with Gasteiger partial charge >= 0.3 is 0 Å². The van der Waals surface area contributed by atoms with Gasteiger partial charge in [-0.2, -0.15) is 14.7 Å². The van der Waals surface area contributed by atoms with Crippen LogP contribution >= 0.6 is 11.5 Å². The van der Waals surface area contributed by atoms with Crippen molar-refractivity contribution in [2.45, 2.75) is 27.3 Å². The Morgan fingerprint density at radius 3 is 2.61 bits per heavy atom. The monoisotopic (exact) mass is 261 g/mol. The Hall–Kier alpha value is -1.87. The molecule has 0 aromatic carbocycles. The van der Waals surface area contributed by atoms with E-state index < -0.39 is 0 Å². The fraction of sp³-hybridized carbons (Fsp3) is 0.417. The summed E-state index contributed by atoms with van der Waals surface area (Å²) in [6, 6.07) is 2.18. The van der Waals surface area contributed by atoms with Crippen molar-refractivity contribution in [2.24, 2.45) is 7.05 Å². The van der Waals surface area contributed by atoms with Crippen molar-refractivity contribution in [1.29, 1.82) is 5.26 Å². The van der Waals surface area contributed by atoms with E-state index in [-0.39, 0.29) is 0 Å². The summed E-state index contributed by atoms with van der Waals surface area (Å²) >= 11 is 1.33. The van der Waals surface area contributed by atoms with Crippen LogP contribution in [0.3, 0.4) is 0 Å². The molecule has 2 rings (SSSR count). The normalized spacial score (nSPS) is 10.4. The summed E-state index contributed by atoms with van der Waals surface area (Å²) in [7, 11) is 1.93. The highest BCUT2D eigenvalue weighted by molar-refractivity contribution is 7.10. The van der Waals surface area contributed by atoms with Crippen LogP contribution in [0.1, 0.15) is 28.2 Å². The van der Waals surface area contributed by atoms with Crippen molar-refractivity contribution in [3.8, 4) is 6.07 Å². The van der Waals surface area contributed by atoms with Gasteiger partial charge in [-0.05, 0) is 32.3 Å². The summed E-state index contributed by atoms with van der Waals surface area (Å²) in [6.45, 7) is 6.55. The lowest BCUT2D eigenvalue weighted by atomic mass is 10.2. The fourth-order valence-corrected chi connectivity index (χ4v) is 2.60. The quantitative estimate of drug-likeness (QED) is 0.920. The number of anilines is 1. The topological polar surface area (TPSA) is 66.5 Å². The van der Waals surface area contributed by atoms with Gasteiger partial charge < -0.3 is 5.32 Å². The zero-order valence-corrected chi connectivity index (χ0v) is 11.7. The molecule has 0 aliphatic rings. The first kappa shape index (κ1) is 12.6. The number of hydrogen-bond donors (Lipinski definition) is 1. The lowest BCUT2D eigenvalue weighted by Gasteiger charge is -2.04. The van der Waals surface area contributed by atoms with Crippen LogP contribution in [0.25, 0.3) is 0 Å². The van der Waals surface area contributed by atoms with E-state index in [9.17, 15) is 0 Å². The van der Waals surface area contributed by atoms with E-state index in [1.807, 2.05) is 32.5 Å². The van der Waals surface area contributed by atoms with E-state index in [0.717, 1.165) is 22.1 Å². The smallest absolute Gasteiger partial charge is 0.127 e. The number of rotatable bonds is 3. The third-order valence-electron chi connectivity index (χ3n) is 3.06. The predicted octanol–water partition coefficient (Wildman–Crippen LogP) is 2.29. The van der Waals surface area contributed by atoms with Crippen molar-refractivity contribution in [3.63, 3.8) is 0 Å². The number of hydrogen-bond acceptors (Lipinski definition) is 5. The summed E-state index contributed by atoms with van der Waals surface area (Å²) in [5.41, 5.74) is 4.75. The van der Waals surface area contributed by atoms with Gasteiger partial charge in [0.25, 0.3) is 0 Å². The molecule has 0 spiro atoms. The predicted molar refractivity (Wildman–Crippen MR) is 71.6 cm³/mol. The van der Waals surface area contributed by atoms with Gasteiger partial charge in [0, 0.05) is 24.8 Å². The molecule has 1 N–H and O–H groups in total. The molecule has 0 bridgehead atoms. The van der Waals surface area contributed by atoms with Gasteiger partial charge in [-0.25, -0.2) is 0 Å². The maximum absolute atomic E-state index is 9.06. The zero-order valence-electron chi connectivity index (χ0n) is 10.9. The first-order valence-electron chi connectivity index (χ1n) is 5.64. The summed E-state index contributed by atoms with van der Waals surface area (Å²) < 4.78 is 6.06. The summed E-state index contributed by atoms with van der Waals surface area (Å²) in [4.78, 5) is 0. The largest absolute Gasteiger partial charge is 0.370 e. The summed E-state index contributed by atoms with van der Waals surface area (Å²) in [5, 5.41) is 17.5. The lowest BCUT2D eigenvalue weighted by molar-refractivity contribution is 0.730. The Bertz CT molecular complexity index is 617. The van der Waals surface area contributed by atoms with Crippen molar-refractivity contribution in [3.05, 3.63) is 28.2 Å². The van der Waals surface area contributed by atoms with Gasteiger partial charge in [-0.15, -0.1) is 0 Å². The molecule has 6 heteroatoms. The van der Waals surface area contributed by atoms with Crippen LogP contribution in [0.2, 0.25) is 0 Å². The molecule has 5 nitrogen and oxygen atoms in total. The second-order valence-corrected chi connectivity index (χ2v) is 4.98.